The van der Waals surface area contributed by atoms with Crippen LogP contribution in [-0.4, -0.2) is 35.0 Å². The molecule has 0 saturated carbocycles. The van der Waals surface area contributed by atoms with Crippen molar-refractivity contribution in [1.29, 1.82) is 5.26 Å². The summed E-state index contributed by atoms with van der Waals surface area (Å²) in [6, 6.07) is 2.48. The van der Waals surface area contributed by atoms with E-state index in [1.165, 1.54) is 0 Å². The van der Waals surface area contributed by atoms with Gasteiger partial charge in [0, 0.05) is 5.75 Å². The van der Waals surface area contributed by atoms with Gasteiger partial charge >= 0.3 is 0 Å². The van der Waals surface area contributed by atoms with Gasteiger partial charge in [-0.2, -0.15) is 17.0 Å². The number of hydrogen-bond donors (Lipinski definition) is 0. The zero-order valence-electron chi connectivity index (χ0n) is 7.84. The van der Waals surface area contributed by atoms with Crippen molar-refractivity contribution < 1.29 is 0 Å². The average molecular weight is 184 g/mol. The minimum atomic E-state index is -0.145. The highest BCUT2D eigenvalue weighted by Crippen LogP contribution is 2.32. The third-order valence-electron chi connectivity index (χ3n) is 2.58. The van der Waals surface area contributed by atoms with Gasteiger partial charge in [0.1, 0.15) is 5.54 Å². The third kappa shape index (κ3) is 1.60. The van der Waals surface area contributed by atoms with Crippen LogP contribution in [0.25, 0.3) is 0 Å². The molecule has 1 atom stereocenters. The number of hydrogen-bond acceptors (Lipinski definition) is 3. The summed E-state index contributed by atoms with van der Waals surface area (Å²) in [7, 11) is 0. The fraction of sp³-hybridized carbons (Fsp3) is 0.889. The zero-order valence-corrected chi connectivity index (χ0v) is 8.65. The molecule has 68 valence electrons. The molecule has 0 N–H and O–H groups in total. The summed E-state index contributed by atoms with van der Waals surface area (Å²) >= 11 is 1.90. The van der Waals surface area contributed by atoms with Crippen molar-refractivity contribution in [2.24, 2.45) is 0 Å². The number of rotatable bonds is 3. The van der Waals surface area contributed by atoms with E-state index in [9.17, 15) is 0 Å². The summed E-state index contributed by atoms with van der Waals surface area (Å²) in [5.41, 5.74) is -0.145. The molecule has 0 radical (unpaired) electrons. The summed E-state index contributed by atoms with van der Waals surface area (Å²) in [4.78, 5) is 2.28. The van der Waals surface area contributed by atoms with E-state index in [0.29, 0.717) is 0 Å². The Hall–Kier alpha value is -0.200. The molecule has 0 aliphatic carbocycles. The normalized spacial score (nSPS) is 29.2. The van der Waals surface area contributed by atoms with Crippen molar-refractivity contribution in [2.75, 3.05) is 24.6 Å². The van der Waals surface area contributed by atoms with Gasteiger partial charge in [-0.25, -0.2) is 0 Å². The standard InChI is InChI=1S/C9H16N2S/c1-3-11(4-2)9(7-10)5-6-12-8-9/h3-6,8H2,1-2H3. The van der Waals surface area contributed by atoms with E-state index in [4.69, 9.17) is 5.26 Å². The van der Waals surface area contributed by atoms with Crippen LogP contribution in [0, 0.1) is 11.3 Å². The maximum absolute atomic E-state index is 9.14. The molecule has 1 rings (SSSR count). The van der Waals surface area contributed by atoms with Crippen LogP contribution in [0.5, 0.6) is 0 Å². The predicted molar refractivity (Wildman–Crippen MR) is 53.2 cm³/mol. The highest BCUT2D eigenvalue weighted by atomic mass is 32.2. The highest BCUT2D eigenvalue weighted by molar-refractivity contribution is 7.99. The van der Waals surface area contributed by atoms with Gasteiger partial charge in [0.05, 0.1) is 6.07 Å². The van der Waals surface area contributed by atoms with E-state index in [2.05, 4.69) is 24.8 Å². The lowest BCUT2D eigenvalue weighted by Crippen LogP contribution is -2.47. The van der Waals surface area contributed by atoms with Crippen LogP contribution >= 0.6 is 11.8 Å². The highest BCUT2D eigenvalue weighted by Gasteiger charge is 2.38. The molecule has 0 aromatic heterocycles. The molecule has 1 saturated heterocycles. The maximum Gasteiger partial charge on any atom is 0.119 e. The summed E-state index contributed by atoms with van der Waals surface area (Å²) in [5, 5.41) is 9.14. The summed E-state index contributed by atoms with van der Waals surface area (Å²) < 4.78 is 0. The number of thioether (sulfide) groups is 1. The van der Waals surface area contributed by atoms with Gasteiger partial charge in [0.25, 0.3) is 0 Å². The molecule has 3 heteroatoms. The molecule has 0 amide bonds. The lowest BCUT2D eigenvalue weighted by atomic mass is 9.98. The van der Waals surface area contributed by atoms with Crippen LogP contribution < -0.4 is 0 Å². The second-order valence-electron chi connectivity index (χ2n) is 3.12. The van der Waals surface area contributed by atoms with Crippen molar-refractivity contribution in [3.63, 3.8) is 0 Å². The minimum absolute atomic E-state index is 0.145. The fourth-order valence-corrected chi connectivity index (χ4v) is 3.15. The molecule has 2 nitrogen and oxygen atoms in total. The van der Waals surface area contributed by atoms with Crippen molar-refractivity contribution in [1.82, 2.24) is 4.90 Å². The van der Waals surface area contributed by atoms with Gasteiger partial charge in [-0.1, -0.05) is 13.8 Å². The van der Waals surface area contributed by atoms with E-state index in [-0.39, 0.29) is 5.54 Å². The Kier molecular flexibility index (Phi) is 3.42. The molecule has 1 fully saturated rings. The number of nitrogens with zero attached hydrogens (tertiary/aromatic N) is 2. The lowest BCUT2D eigenvalue weighted by molar-refractivity contribution is 0.176. The SMILES string of the molecule is CCN(CC)C1(C#N)CCSC1. The Morgan fingerprint density at radius 2 is 2.17 bits per heavy atom. The average Bonchev–Trinajstić information content (AvgIpc) is 2.56. The first-order valence-corrected chi connectivity index (χ1v) is 5.68. The van der Waals surface area contributed by atoms with Crippen LogP contribution in [0.1, 0.15) is 20.3 Å². The Morgan fingerprint density at radius 3 is 2.50 bits per heavy atom. The van der Waals surface area contributed by atoms with E-state index in [1.807, 2.05) is 11.8 Å². The fourth-order valence-electron chi connectivity index (χ4n) is 1.79. The monoisotopic (exact) mass is 184 g/mol. The molecule has 1 unspecified atom stereocenters. The van der Waals surface area contributed by atoms with Crippen LogP contribution in [0.3, 0.4) is 0 Å². The summed E-state index contributed by atoms with van der Waals surface area (Å²) in [6.07, 6.45) is 1.04. The van der Waals surface area contributed by atoms with Gasteiger partial charge in [0.2, 0.25) is 0 Å². The lowest BCUT2D eigenvalue weighted by Gasteiger charge is -2.33. The Bertz CT molecular complexity index is 175. The second-order valence-corrected chi connectivity index (χ2v) is 4.22. The first kappa shape index (κ1) is 9.88. The molecule has 1 aliphatic heterocycles. The molecule has 1 heterocycles. The van der Waals surface area contributed by atoms with Crippen LogP contribution in [0.15, 0.2) is 0 Å². The van der Waals surface area contributed by atoms with E-state index >= 15 is 0 Å². The molecule has 0 bridgehead atoms. The Morgan fingerprint density at radius 1 is 1.50 bits per heavy atom. The van der Waals surface area contributed by atoms with Crippen molar-refractivity contribution in [2.45, 2.75) is 25.8 Å². The summed E-state index contributed by atoms with van der Waals surface area (Å²) in [6.45, 7) is 6.24. The predicted octanol–water partition coefficient (Wildman–Crippen LogP) is 1.73. The molecular weight excluding hydrogens is 168 g/mol. The third-order valence-corrected chi connectivity index (χ3v) is 3.75. The van der Waals surface area contributed by atoms with Gasteiger partial charge in [-0.05, 0) is 25.3 Å². The van der Waals surface area contributed by atoms with Gasteiger partial charge in [0.15, 0.2) is 0 Å². The van der Waals surface area contributed by atoms with E-state index < -0.39 is 0 Å². The molecule has 0 aromatic rings. The van der Waals surface area contributed by atoms with Gasteiger partial charge < -0.3 is 0 Å². The largest absolute Gasteiger partial charge is 0.285 e. The van der Waals surface area contributed by atoms with E-state index in [0.717, 1.165) is 31.0 Å². The smallest absolute Gasteiger partial charge is 0.119 e. The topological polar surface area (TPSA) is 27.0 Å². The second kappa shape index (κ2) is 4.15. The molecule has 0 spiro atoms. The molecular formula is C9H16N2S. The van der Waals surface area contributed by atoms with Crippen LogP contribution in [0.2, 0.25) is 0 Å². The zero-order chi connectivity index (χ0) is 9.03. The minimum Gasteiger partial charge on any atom is -0.285 e. The Labute approximate surface area is 78.9 Å². The molecule has 0 aromatic carbocycles. The van der Waals surface area contributed by atoms with Crippen LogP contribution in [-0.2, 0) is 0 Å². The molecule has 1 aliphatic rings. The first-order valence-electron chi connectivity index (χ1n) is 4.53. The number of nitriles is 1. The van der Waals surface area contributed by atoms with Gasteiger partial charge in [-0.15, -0.1) is 0 Å². The summed E-state index contributed by atoms with van der Waals surface area (Å²) in [5.74, 6) is 2.13. The first-order chi connectivity index (χ1) is 5.79. The molecule has 12 heavy (non-hydrogen) atoms. The van der Waals surface area contributed by atoms with E-state index in [1.54, 1.807) is 0 Å². The maximum atomic E-state index is 9.14. The van der Waals surface area contributed by atoms with Crippen molar-refractivity contribution >= 4 is 11.8 Å². The van der Waals surface area contributed by atoms with Crippen molar-refractivity contribution in [3.05, 3.63) is 0 Å². The van der Waals surface area contributed by atoms with Crippen LogP contribution in [0.4, 0.5) is 0 Å². The quantitative estimate of drug-likeness (QED) is 0.668. The van der Waals surface area contributed by atoms with Crippen molar-refractivity contribution in [3.8, 4) is 6.07 Å². The Balaban J connectivity index is 2.71. The van der Waals surface area contributed by atoms with Gasteiger partial charge in [-0.3, -0.25) is 4.90 Å².